The molecule has 0 saturated carbocycles. The summed E-state index contributed by atoms with van der Waals surface area (Å²) in [5.41, 5.74) is 5.81. The van der Waals surface area contributed by atoms with E-state index in [1.807, 2.05) is 18.2 Å². The maximum atomic E-state index is 3.68. The smallest absolute Gasteiger partial charge is 0.124 e. The minimum atomic E-state index is -1.77. The van der Waals surface area contributed by atoms with Gasteiger partial charge in [0.2, 0.25) is 0 Å². The highest BCUT2D eigenvalue weighted by Gasteiger charge is 2.39. The van der Waals surface area contributed by atoms with Crippen molar-refractivity contribution in [1.29, 1.82) is 0 Å². The summed E-state index contributed by atoms with van der Waals surface area (Å²) in [7, 11) is -1.77. The molecular formula is C19H18Si. The van der Waals surface area contributed by atoms with Crippen molar-refractivity contribution in [2.75, 3.05) is 0 Å². The van der Waals surface area contributed by atoms with E-state index in [0.29, 0.717) is 11.1 Å². The van der Waals surface area contributed by atoms with Gasteiger partial charge < -0.3 is 0 Å². The monoisotopic (exact) mass is 274 g/mol. The van der Waals surface area contributed by atoms with Crippen LogP contribution in [0.2, 0.25) is 17.6 Å². The van der Waals surface area contributed by atoms with Gasteiger partial charge in [-0.1, -0.05) is 79.3 Å². The van der Waals surface area contributed by atoms with Gasteiger partial charge in [0.1, 0.15) is 0 Å². The molecule has 1 aromatic rings. The number of benzene rings is 1. The maximum absolute atomic E-state index is 3.68. The summed E-state index contributed by atoms with van der Waals surface area (Å²) in [5.74, 6) is 3.42. The second kappa shape index (κ2) is 5.52. The van der Waals surface area contributed by atoms with Crippen molar-refractivity contribution in [3.63, 3.8) is 0 Å². The summed E-state index contributed by atoms with van der Waals surface area (Å²) < 4.78 is 0. The van der Waals surface area contributed by atoms with Crippen LogP contribution in [0.3, 0.4) is 0 Å². The fourth-order valence-electron chi connectivity index (χ4n) is 2.78. The molecule has 0 saturated heterocycles. The molecule has 0 unspecified atom stereocenters. The molecule has 1 aromatic carbocycles. The van der Waals surface area contributed by atoms with E-state index in [2.05, 4.69) is 78.8 Å². The zero-order valence-electron chi connectivity index (χ0n) is 11.7. The summed E-state index contributed by atoms with van der Waals surface area (Å²) in [6.45, 7) is 2.40. The SMILES string of the molecule is C[Si](C#Cc1ccccc1)(C1C=CC=C1)C1C=CC=C1. The molecule has 0 aromatic heterocycles. The van der Waals surface area contributed by atoms with Gasteiger partial charge in [0.05, 0.1) is 0 Å². The summed E-state index contributed by atoms with van der Waals surface area (Å²) >= 11 is 0. The molecule has 0 amide bonds. The molecule has 2 aliphatic rings. The first-order valence-corrected chi connectivity index (χ1v) is 9.73. The lowest BCUT2D eigenvalue weighted by atomic mass is 10.2. The third-order valence-electron chi connectivity index (χ3n) is 4.13. The van der Waals surface area contributed by atoms with Gasteiger partial charge >= 0.3 is 0 Å². The second-order valence-corrected chi connectivity index (χ2v) is 9.64. The van der Waals surface area contributed by atoms with Crippen LogP contribution < -0.4 is 0 Å². The fourth-order valence-corrected chi connectivity index (χ4v) is 6.02. The van der Waals surface area contributed by atoms with Crippen molar-refractivity contribution in [2.45, 2.75) is 17.6 Å². The van der Waals surface area contributed by atoms with Crippen LogP contribution in [0.1, 0.15) is 5.56 Å². The van der Waals surface area contributed by atoms with Crippen molar-refractivity contribution in [2.24, 2.45) is 0 Å². The Morgan fingerprint density at radius 1 is 0.800 bits per heavy atom. The molecule has 0 atom stereocenters. The van der Waals surface area contributed by atoms with Gasteiger partial charge in [0, 0.05) is 16.6 Å². The molecule has 0 fully saturated rings. The molecule has 20 heavy (non-hydrogen) atoms. The minimum Gasteiger partial charge on any atom is -0.124 e. The summed E-state index contributed by atoms with van der Waals surface area (Å²) in [5, 5.41) is 0. The van der Waals surface area contributed by atoms with E-state index in [0.717, 1.165) is 5.56 Å². The van der Waals surface area contributed by atoms with Crippen LogP contribution in [0.4, 0.5) is 0 Å². The van der Waals surface area contributed by atoms with E-state index in [4.69, 9.17) is 0 Å². The van der Waals surface area contributed by atoms with E-state index >= 15 is 0 Å². The Morgan fingerprint density at radius 2 is 1.30 bits per heavy atom. The van der Waals surface area contributed by atoms with Crippen LogP contribution in [0, 0.1) is 11.5 Å². The third-order valence-corrected chi connectivity index (χ3v) is 8.33. The molecule has 0 heterocycles. The first-order valence-electron chi connectivity index (χ1n) is 7.07. The Bertz CT molecular complexity index is 598. The average Bonchev–Trinajstić information content (AvgIpc) is 3.18. The van der Waals surface area contributed by atoms with Crippen molar-refractivity contribution >= 4 is 8.07 Å². The first kappa shape index (κ1) is 13.0. The summed E-state index contributed by atoms with van der Waals surface area (Å²) in [4.78, 5) is 0. The quantitative estimate of drug-likeness (QED) is 0.544. The van der Waals surface area contributed by atoms with Crippen molar-refractivity contribution < 1.29 is 0 Å². The lowest BCUT2D eigenvalue weighted by Crippen LogP contribution is -2.37. The van der Waals surface area contributed by atoms with Gasteiger partial charge in [-0.15, -0.1) is 5.54 Å². The standard InChI is InChI=1S/C19H18Si/c1-20(18-11-5-6-12-18,19-13-7-8-14-19)16-15-17-9-3-2-4-10-17/h2-14,18-19H,1H3. The fraction of sp³-hybridized carbons (Fsp3) is 0.158. The molecule has 98 valence electrons. The summed E-state index contributed by atoms with van der Waals surface area (Å²) in [6, 6.07) is 10.3. The molecule has 0 radical (unpaired) electrons. The Morgan fingerprint density at radius 3 is 1.80 bits per heavy atom. The Kier molecular flexibility index (Phi) is 3.58. The van der Waals surface area contributed by atoms with Crippen LogP contribution in [0.15, 0.2) is 78.9 Å². The minimum absolute atomic E-state index is 0.510. The van der Waals surface area contributed by atoms with Crippen LogP contribution >= 0.6 is 0 Å². The highest BCUT2D eigenvalue weighted by molar-refractivity contribution is 6.90. The van der Waals surface area contributed by atoms with Crippen LogP contribution in [-0.4, -0.2) is 8.07 Å². The van der Waals surface area contributed by atoms with Gasteiger partial charge in [-0.25, -0.2) is 0 Å². The van der Waals surface area contributed by atoms with E-state index in [9.17, 15) is 0 Å². The highest BCUT2D eigenvalue weighted by Crippen LogP contribution is 2.40. The average molecular weight is 274 g/mol. The second-order valence-electron chi connectivity index (χ2n) is 5.49. The summed E-state index contributed by atoms with van der Waals surface area (Å²) in [6.07, 6.45) is 17.9. The molecular weight excluding hydrogens is 256 g/mol. The maximum Gasteiger partial charge on any atom is 0.156 e. The number of allylic oxidation sites excluding steroid dienone is 8. The Balaban J connectivity index is 1.96. The van der Waals surface area contributed by atoms with E-state index in [1.54, 1.807) is 0 Å². The van der Waals surface area contributed by atoms with Crippen LogP contribution in [0.25, 0.3) is 0 Å². The van der Waals surface area contributed by atoms with Crippen LogP contribution in [-0.2, 0) is 0 Å². The Labute approximate surface area is 122 Å². The van der Waals surface area contributed by atoms with Gasteiger partial charge in [-0.2, -0.15) is 0 Å². The molecule has 1 heteroatoms. The lowest BCUT2D eigenvalue weighted by Gasteiger charge is -2.30. The van der Waals surface area contributed by atoms with Crippen LogP contribution in [0.5, 0.6) is 0 Å². The molecule has 0 N–H and O–H groups in total. The number of hydrogen-bond donors (Lipinski definition) is 0. The molecule has 0 bridgehead atoms. The Hall–Kier alpha value is -2.04. The predicted molar refractivity (Wildman–Crippen MR) is 89.0 cm³/mol. The van der Waals surface area contributed by atoms with E-state index in [-0.39, 0.29) is 0 Å². The van der Waals surface area contributed by atoms with E-state index < -0.39 is 8.07 Å². The largest absolute Gasteiger partial charge is 0.156 e. The van der Waals surface area contributed by atoms with Gasteiger partial charge in [-0.05, 0) is 12.1 Å². The number of hydrogen-bond acceptors (Lipinski definition) is 0. The molecule has 0 spiro atoms. The van der Waals surface area contributed by atoms with Crippen molar-refractivity contribution in [3.05, 3.63) is 84.5 Å². The van der Waals surface area contributed by atoms with E-state index in [1.165, 1.54) is 0 Å². The molecule has 0 aliphatic heterocycles. The number of rotatable bonds is 2. The normalized spacial score (nSPS) is 17.6. The third kappa shape index (κ3) is 2.48. The molecule has 2 aliphatic carbocycles. The zero-order chi connectivity index (χ0) is 13.8. The van der Waals surface area contributed by atoms with Gasteiger partial charge in [-0.3, -0.25) is 0 Å². The topological polar surface area (TPSA) is 0 Å². The molecule has 0 nitrogen and oxygen atoms in total. The van der Waals surface area contributed by atoms with Crippen molar-refractivity contribution in [1.82, 2.24) is 0 Å². The van der Waals surface area contributed by atoms with Gasteiger partial charge in [0.15, 0.2) is 8.07 Å². The predicted octanol–water partition coefficient (Wildman–Crippen LogP) is 4.65. The highest BCUT2D eigenvalue weighted by atomic mass is 28.3. The van der Waals surface area contributed by atoms with Crippen molar-refractivity contribution in [3.8, 4) is 11.5 Å². The lowest BCUT2D eigenvalue weighted by molar-refractivity contribution is 1.20. The zero-order valence-corrected chi connectivity index (χ0v) is 12.7. The van der Waals surface area contributed by atoms with Gasteiger partial charge in [0.25, 0.3) is 0 Å². The molecule has 3 rings (SSSR count). The first-order chi connectivity index (χ1) is 9.79.